The van der Waals surface area contributed by atoms with Crippen molar-refractivity contribution in [2.24, 2.45) is 0 Å². The highest BCUT2D eigenvalue weighted by Crippen LogP contribution is 2.37. The summed E-state index contributed by atoms with van der Waals surface area (Å²) in [5, 5.41) is 29.2. The van der Waals surface area contributed by atoms with E-state index in [1.54, 1.807) is 12.3 Å². The summed E-state index contributed by atoms with van der Waals surface area (Å²) < 4.78 is 7.64. The van der Waals surface area contributed by atoms with Crippen molar-refractivity contribution in [1.29, 1.82) is 0 Å². The number of nitrogens with one attached hydrogen (secondary N) is 1. The Labute approximate surface area is 113 Å². The van der Waals surface area contributed by atoms with Gasteiger partial charge in [-0.15, -0.1) is 0 Å². The van der Waals surface area contributed by atoms with Crippen molar-refractivity contribution in [3.63, 3.8) is 0 Å². The summed E-state index contributed by atoms with van der Waals surface area (Å²) in [5.74, 6) is 0. The van der Waals surface area contributed by atoms with E-state index in [-0.39, 0.29) is 11.4 Å². The van der Waals surface area contributed by atoms with Crippen LogP contribution in [0.4, 0.5) is 0 Å². The number of hydrogen-bond donors (Lipinski definition) is 4. The Morgan fingerprint density at radius 2 is 2.22 bits per heavy atom. The Morgan fingerprint density at radius 3 is 2.72 bits per heavy atom. The van der Waals surface area contributed by atoms with Crippen LogP contribution in [-0.4, -0.2) is 49.3 Å². The largest absolute Gasteiger partial charge is 0.394 e. The van der Waals surface area contributed by atoms with Gasteiger partial charge >= 0.3 is 0 Å². The van der Waals surface area contributed by atoms with Gasteiger partial charge in [0, 0.05) is 6.20 Å². The first kappa shape index (κ1) is 13.8. The van der Waals surface area contributed by atoms with Gasteiger partial charge in [-0.3, -0.25) is 4.57 Å². The summed E-state index contributed by atoms with van der Waals surface area (Å²) in [6.45, 7) is 1.05. The lowest BCUT2D eigenvalue weighted by atomic mass is 9.96. The number of ether oxygens (including phenoxy) is 1. The van der Waals surface area contributed by atoms with Crippen LogP contribution in [0.25, 0.3) is 0 Å². The Hall–Kier alpha value is -0.640. The van der Waals surface area contributed by atoms with E-state index in [0.717, 1.165) is 0 Å². The molecule has 4 N–H and O–H groups in total. The monoisotopic (exact) mass is 290 g/mol. The highest BCUT2D eigenvalue weighted by atomic mass is 32.1. The Bertz CT molecular complexity index is 553. The number of aromatic nitrogens is 2. The Morgan fingerprint density at radius 1 is 1.56 bits per heavy atom. The number of aliphatic hydroxyl groups excluding tert-OH is 2. The third kappa shape index (κ3) is 2.15. The standard InChI is InChI=1S/C10H14N2O4S2/c1-10(15)7(14)5(4-13)16-8(10)12-3-2-6(17)11-9(12)18/h2-3,5,7-8,13-15H,4H2,1H3,(H,11,17,18)/t5-,7-,8-,10-/m1/s1. The molecular weight excluding hydrogens is 276 g/mol. The number of hydrogen-bond acceptors (Lipinski definition) is 6. The molecule has 8 heteroatoms. The van der Waals surface area contributed by atoms with Gasteiger partial charge in [0.2, 0.25) is 0 Å². The maximum absolute atomic E-state index is 10.3. The average molecular weight is 290 g/mol. The fourth-order valence-corrected chi connectivity index (χ4v) is 2.49. The fraction of sp³-hybridized carbons (Fsp3) is 0.600. The van der Waals surface area contributed by atoms with Gasteiger partial charge in [-0.25, -0.2) is 0 Å². The normalized spacial score (nSPS) is 35.9. The second-order valence-corrected chi connectivity index (χ2v) is 5.22. The predicted octanol–water partition coefficient (Wildman–Crippen LogP) is 0.277. The highest BCUT2D eigenvalue weighted by Gasteiger charge is 2.52. The molecule has 0 unspecified atom stereocenters. The zero-order valence-electron chi connectivity index (χ0n) is 9.61. The molecule has 0 saturated carbocycles. The summed E-state index contributed by atoms with van der Waals surface area (Å²) in [6.07, 6.45) is -1.36. The van der Waals surface area contributed by atoms with Gasteiger partial charge in [0.1, 0.15) is 22.4 Å². The van der Waals surface area contributed by atoms with Gasteiger partial charge in [-0.05, 0) is 25.2 Å². The number of aromatic amines is 1. The minimum absolute atomic E-state index is 0.276. The quantitative estimate of drug-likeness (QED) is 0.585. The van der Waals surface area contributed by atoms with Crippen molar-refractivity contribution in [2.45, 2.75) is 31.0 Å². The molecule has 2 heterocycles. The molecule has 2 rings (SSSR count). The summed E-state index contributed by atoms with van der Waals surface area (Å²) >= 11 is 10.0. The molecule has 0 aromatic carbocycles. The molecule has 100 valence electrons. The molecule has 1 saturated heterocycles. The first-order chi connectivity index (χ1) is 8.37. The highest BCUT2D eigenvalue weighted by molar-refractivity contribution is 7.72. The second-order valence-electron chi connectivity index (χ2n) is 4.40. The molecule has 1 aromatic heterocycles. The molecular formula is C10H14N2O4S2. The van der Waals surface area contributed by atoms with Crippen molar-refractivity contribution < 1.29 is 20.1 Å². The van der Waals surface area contributed by atoms with Crippen molar-refractivity contribution in [3.05, 3.63) is 21.7 Å². The van der Waals surface area contributed by atoms with Crippen molar-refractivity contribution in [2.75, 3.05) is 6.61 Å². The lowest BCUT2D eigenvalue weighted by molar-refractivity contribution is -0.0979. The molecule has 0 bridgehead atoms. The van der Waals surface area contributed by atoms with E-state index in [1.165, 1.54) is 11.5 Å². The number of nitrogens with zero attached hydrogens (tertiary/aromatic N) is 1. The molecule has 0 spiro atoms. The third-order valence-electron chi connectivity index (χ3n) is 3.04. The first-order valence-electron chi connectivity index (χ1n) is 5.36. The van der Waals surface area contributed by atoms with Crippen LogP contribution in [0.3, 0.4) is 0 Å². The molecule has 1 aliphatic heterocycles. The van der Waals surface area contributed by atoms with E-state index in [1.807, 2.05) is 0 Å². The molecule has 18 heavy (non-hydrogen) atoms. The lowest BCUT2D eigenvalue weighted by Gasteiger charge is -2.28. The van der Waals surface area contributed by atoms with E-state index >= 15 is 0 Å². The van der Waals surface area contributed by atoms with Gasteiger partial charge in [-0.2, -0.15) is 0 Å². The maximum atomic E-state index is 10.3. The average Bonchev–Trinajstić information content (AvgIpc) is 2.52. The first-order valence-corrected chi connectivity index (χ1v) is 6.18. The smallest absolute Gasteiger partial charge is 0.180 e. The van der Waals surface area contributed by atoms with Crippen molar-refractivity contribution in [1.82, 2.24) is 9.55 Å². The zero-order chi connectivity index (χ0) is 13.5. The Kier molecular flexibility index (Phi) is 3.67. The number of H-pyrrole nitrogens is 1. The molecule has 4 atom stereocenters. The molecule has 0 amide bonds. The van der Waals surface area contributed by atoms with Gasteiger partial charge < -0.3 is 25.0 Å². The van der Waals surface area contributed by atoms with Crippen molar-refractivity contribution >= 4 is 24.4 Å². The molecule has 0 aliphatic carbocycles. The van der Waals surface area contributed by atoms with Gasteiger partial charge in [0.15, 0.2) is 11.0 Å². The van der Waals surface area contributed by atoms with Crippen LogP contribution in [0.15, 0.2) is 12.3 Å². The minimum Gasteiger partial charge on any atom is -0.394 e. The zero-order valence-corrected chi connectivity index (χ0v) is 11.2. The predicted molar refractivity (Wildman–Crippen MR) is 68.1 cm³/mol. The van der Waals surface area contributed by atoms with Crippen LogP contribution < -0.4 is 0 Å². The van der Waals surface area contributed by atoms with Gasteiger partial charge in [-0.1, -0.05) is 12.2 Å². The van der Waals surface area contributed by atoms with E-state index in [0.29, 0.717) is 4.64 Å². The van der Waals surface area contributed by atoms with Crippen LogP contribution in [0.1, 0.15) is 13.2 Å². The summed E-state index contributed by atoms with van der Waals surface area (Å²) in [6, 6.07) is 1.60. The molecule has 1 fully saturated rings. The van der Waals surface area contributed by atoms with E-state index < -0.39 is 24.0 Å². The lowest BCUT2D eigenvalue weighted by Crippen LogP contribution is -2.44. The van der Waals surface area contributed by atoms with Gasteiger partial charge in [0.25, 0.3) is 0 Å². The van der Waals surface area contributed by atoms with Crippen LogP contribution in [-0.2, 0) is 4.74 Å². The van der Waals surface area contributed by atoms with E-state index in [9.17, 15) is 10.2 Å². The van der Waals surface area contributed by atoms with E-state index in [2.05, 4.69) is 4.98 Å². The summed E-state index contributed by atoms with van der Waals surface area (Å²) in [7, 11) is 0. The summed E-state index contributed by atoms with van der Waals surface area (Å²) in [4.78, 5) is 2.76. The topological polar surface area (TPSA) is 90.6 Å². The molecule has 0 radical (unpaired) electrons. The second kappa shape index (κ2) is 4.80. The fourth-order valence-electron chi connectivity index (χ4n) is 2.00. The number of aliphatic hydroxyl groups is 3. The van der Waals surface area contributed by atoms with Gasteiger partial charge in [0.05, 0.1) is 6.61 Å². The van der Waals surface area contributed by atoms with E-state index in [4.69, 9.17) is 34.3 Å². The van der Waals surface area contributed by atoms with Crippen LogP contribution >= 0.6 is 24.4 Å². The number of rotatable bonds is 2. The maximum Gasteiger partial charge on any atom is 0.180 e. The minimum atomic E-state index is -1.55. The van der Waals surface area contributed by atoms with Crippen molar-refractivity contribution in [3.8, 4) is 0 Å². The Balaban J connectivity index is 2.45. The molecule has 1 aliphatic rings. The molecule has 1 aromatic rings. The summed E-state index contributed by atoms with van der Waals surface area (Å²) in [5.41, 5.74) is -1.55. The van der Waals surface area contributed by atoms with Crippen LogP contribution in [0.2, 0.25) is 0 Å². The SMILES string of the molecule is C[C@@]1(O)[C@H](O)[C@@H](CO)O[C@H]1n1ccc(=S)[nH]c1=S. The molecule has 6 nitrogen and oxygen atoms in total. The van der Waals surface area contributed by atoms with Crippen LogP contribution in [0.5, 0.6) is 0 Å². The van der Waals surface area contributed by atoms with Crippen LogP contribution in [0, 0.1) is 9.41 Å². The third-order valence-corrected chi connectivity index (χ3v) is 3.59.